The monoisotopic (exact) mass is 314 g/mol. The van der Waals surface area contributed by atoms with Crippen LogP contribution in [0.1, 0.15) is 25.7 Å². The molecule has 1 aliphatic heterocycles. The maximum absolute atomic E-state index is 11.6. The first-order chi connectivity index (χ1) is 10.6. The number of aliphatic imine (C=N–C) groups is 1. The maximum atomic E-state index is 11.6. The zero-order valence-electron chi connectivity index (χ0n) is 14.1. The molecule has 1 fully saturated rings. The van der Waals surface area contributed by atoms with Gasteiger partial charge < -0.3 is 25.0 Å². The van der Waals surface area contributed by atoms with Gasteiger partial charge in [0.15, 0.2) is 5.96 Å². The predicted octanol–water partition coefficient (Wildman–Crippen LogP) is 0.215. The Labute approximate surface area is 133 Å². The Morgan fingerprint density at radius 2 is 2.18 bits per heavy atom. The smallest absolute Gasteiger partial charge is 0.243 e. The van der Waals surface area contributed by atoms with Crippen molar-refractivity contribution < 1.29 is 14.3 Å². The van der Waals surface area contributed by atoms with Crippen molar-refractivity contribution in [1.29, 1.82) is 0 Å². The molecule has 1 atom stereocenters. The van der Waals surface area contributed by atoms with Crippen LogP contribution in [-0.2, 0) is 14.3 Å². The first-order valence-corrected chi connectivity index (χ1v) is 7.96. The van der Waals surface area contributed by atoms with Gasteiger partial charge >= 0.3 is 0 Å². The van der Waals surface area contributed by atoms with Crippen molar-refractivity contribution in [3.8, 4) is 0 Å². The molecule has 7 nitrogen and oxygen atoms in total. The number of hydrogen-bond acceptors (Lipinski definition) is 4. The molecular weight excluding hydrogens is 284 g/mol. The van der Waals surface area contributed by atoms with Crippen LogP contribution in [0.2, 0.25) is 0 Å². The van der Waals surface area contributed by atoms with E-state index in [1.165, 1.54) is 11.3 Å². The number of methoxy groups -OCH3 is 1. The topological polar surface area (TPSA) is 75.2 Å². The van der Waals surface area contributed by atoms with E-state index in [0.717, 1.165) is 32.4 Å². The van der Waals surface area contributed by atoms with Gasteiger partial charge in [0, 0.05) is 47.5 Å². The van der Waals surface area contributed by atoms with Crippen LogP contribution in [0.5, 0.6) is 0 Å². The summed E-state index contributed by atoms with van der Waals surface area (Å²) < 4.78 is 10.7. The fraction of sp³-hybridized carbons (Fsp3) is 0.867. The van der Waals surface area contributed by atoms with Gasteiger partial charge in [0.1, 0.15) is 6.54 Å². The Hall–Kier alpha value is -1.34. The van der Waals surface area contributed by atoms with E-state index in [4.69, 9.17) is 9.47 Å². The molecule has 0 saturated carbocycles. The maximum Gasteiger partial charge on any atom is 0.243 e. The van der Waals surface area contributed by atoms with Gasteiger partial charge in [0.05, 0.1) is 6.10 Å². The quantitative estimate of drug-likeness (QED) is 0.381. The Bertz CT molecular complexity index is 342. The van der Waals surface area contributed by atoms with Gasteiger partial charge in [-0.15, -0.1) is 0 Å². The molecule has 0 bridgehead atoms. The molecule has 0 aromatic carbocycles. The van der Waals surface area contributed by atoms with Crippen LogP contribution in [0.3, 0.4) is 0 Å². The lowest BCUT2D eigenvalue weighted by Gasteiger charge is -2.24. The van der Waals surface area contributed by atoms with Crippen molar-refractivity contribution in [3.05, 3.63) is 0 Å². The summed E-state index contributed by atoms with van der Waals surface area (Å²) in [5.41, 5.74) is 0. The summed E-state index contributed by atoms with van der Waals surface area (Å²) in [6, 6.07) is 0. The highest BCUT2D eigenvalue weighted by Gasteiger charge is 2.14. The third kappa shape index (κ3) is 8.19. The first kappa shape index (κ1) is 18.7. The lowest BCUT2D eigenvalue weighted by molar-refractivity contribution is -0.127. The molecule has 1 saturated heterocycles. The lowest BCUT2D eigenvalue weighted by Crippen LogP contribution is -2.43. The van der Waals surface area contributed by atoms with E-state index in [0.29, 0.717) is 19.1 Å². The van der Waals surface area contributed by atoms with Gasteiger partial charge in [0.2, 0.25) is 5.91 Å². The van der Waals surface area contributed by atoms with Crippen LogP contribution >= 0.6 is 0 Å². The SMILES string of the molecule is COCCCNC(=NCC(=O)N(C)C)NCC1CCCCO1. The van der Waals surface area contributed by atoms with Crippen LogP contribution < -0.4 is 10.6 Å². The minimum atomic E-state index is -0.0214. The Balaban J connectivity index is 2.41. The second-order valence-electron chi connectivity index (χ2n) is 5.60. The van der Waals surface area contributed by atoms with Gasteiger partial charge in [-0.05, 0) is 25.7 Å². The number of likely N-dealkylation sites (N-methyl/N-ethyl adjacent to an activating group) is 1. The van der Waals surface area contributed by atoms with E-state index in [2.05, 4.69) is 15.6 Å². The van der Waals surface area contributed by atoms with Crippen LogP contribution in [0.4, 0.5) is 0 Å². The minimum absolute atomic E-state index is 0.0214. The summed E-state index contributed by atoms with van der Waals surface area (Å²) in [5.74, 6) is 0.632. The first-order valence-electron chi connectivity index (χ1n) is 7.96. The molecule has 7 heteroatoms. The van der Waals surface area contributed by atoms with E-state index < -0.39 is 0 Å². The zero-order valence-corrected chi connectivity index (χ0v) is 14.1. The molecule has 2 N–H and O–H groups in total. The van der Waals surface area contributed by atoms with Crippen molar-refractivity contribution >= 4 is 11.9 Å². The summed E-state index contributed by atoms with van der Waals surface area (Å²) in [4.78, 5) is 17.5. The summed E-state index contributed by atoms with van der Waals surface area (Å²) in [6.07, 6.45) is 4.53. The number of carbonyl (C=O) groups excluding carboxylic acids is 1. The van der Waals surface area contributed by atoms with Gasteiger partial charge in [-0.3, -0.25) is 4.79 Å². The molecule has 0 aromatic rings. The summed E-state index contributed by atoms with van der Waals surface area (Å²) in [5, 5.41) is 6.48. The van der Waals surface area contributed by atoms with E-state index in [9.17, 15) is 4.79 Å². The highest BCUT2D eigenvalue weighted by Crippen LogP contribution is 2.11. The van der Waals surface area contributed by atoms with Crippen LogP contribution in [0, 0.1) is 0 Å². The molecule has 1 amide bonds. The van der Waals surface area contributed by atoms with Crippen LogP contribution in [0.15, 0.2) is 4.99 Å². The van der Waals surface area contributed by atoms with Crippen molar-refractivity contribution in [2.75, 3.05) is 54.1 Å². The number of rotatable bonds is 8. The molecule has 1 unspecified atom stereocenters. The molecule has 0 radical (unpaired) electrons. The normalized spacial score (nSPS) is 18.9. The van der Waals surface area contributed by atoms with Gasteiger partial charge in [-0.2, -0.15) is 0 Å². The molecule has 0 aromatic heterocycles. The number of carbonyl (C=O) groups is 1. The highest BCUT2D eigenvalue weighted by atomic mass is 16.5. The van der Waals surface area contributed by atoms with Gasteiger partial charge in [-0.1, -0.05) is 0 Å². The standard InChI is InChI=1S/C15H30N4O3/c1-19(2)14(20)12-18-15(16-8-6-9-21-3)17-11-13-7-4-5-10-22-13/h13H,4-12H2,1-3H3,(H2,16,17,18). The number of amides is 1. The summed E-state index contributed by atoms with van der Waals surface area (Å²) in [6.45, 7) is 3.13. The highest BCUT2D eigenvalue weighted by molar-refractivity contribution is 5.84. The van der Waals surface area contributed by atoms with Crippen molar-refractivity contribution in [2.24, 2.45) is 4.99 Å². The number of ether oxygens (including phenoxy) is 2. The summed E-state index contributed by atoms with van der Waals surface area (Å²) >= 11 is 0. The third-order valence-electron chi connectivity index (χ3n) is 3.46. The molecule has 1 rings (SSSR count). The molecule has 0 spiro atoms. The average Bonchev–Trinajstić information content (AvgIpc) is 2.53. The molecule has 22 heavy (non-hydrogen) atoms. The molecular formula is C15H30N4O3. The predicted molar refractivity (Wildman–Crippen MR) is 87.1 cm³/mol. The van der Waals surface area contributed by atoms with Crippen molar-refractivity contribution in [2.45, 2.75) is 31.8 Å². The molecule has 1 heterocycles. The Morgan fingerprint density at radius 1 is 1.36 bits per heavy atom. The van der Waals surface area contributed by atoms with Gasteiger partial charge in [0.25, 0.3) is 0 Å². The zero-order chi connectivity index (χ0) is 16.2. The fourth-order valence-corrected chi connectivity index (χ4v) is 2.06. The second-order valence-corrected chi connectivity index (χ2v) is 5.60. The average molecular weight is 314 g/mol. The number of nitrogens with zero attached hydrogens (tertiary/aromatic N) is 2. The van der Waals surface area contributed by atoms with E-state index in [-0.39, 0.29) is 18.6 Å². The molecule has 128 valence electrons. The van der Waals surface area contributed by atoms with Crippen LogP contribution in [-0.4, -0.2) is 76.9 Å². The number of hydrogen-bond donors (Lipinski definition) is 2. The molecule has 0 aliphatic carbocycles. The lowest BCUT2D eigenvalue weighted by atomic mass is 10.1. The van der Waals surface area contributed by atoms with Crippen molar-refractivity contribution in [3.63, 3.8) is 0 Å². The second kappa shape index (κ2) is 11.3. The minimum Gasteiger partial charge on any atom is -0.385 e. The van der Waals surface area contributed by atoms with Crippen LogP contribution in [0.25, 0.3) is 0 Å². The van der Waals surface area contributed by atoms with E-state index in [1.807, 2.05) is 0 Å². The largest absolute Gasteiger partial charge is 0.385 e. The number of guanidine groups is 1. The Morgan fingerprint density at radius 3 is 2.82 bits per heavy atom. The fourth-order valence-electron chi connectivity index (χ4n) is 2.06. The van der Waals surface area contributed by atoms with E-state index >= 15 is 0 Å². The third-order valence-corrected chi connectivity index (χ3v) is 3.46. The number of nitrogens with one attached hydrogen (secondary N) is 2. The molecule has 1 aliphatic rings. The summed E-state index contributed by atoms with van der Waals surface area (Å²) in [7, 11) is 5.14. The Kier molecular flexibility index (Phi) is 9.57. The van der Waals surface area contributed by atoms with Gasteiger partial charge in [-0.25, -0.2) is 4.99 Å². The van der Waals surface area contributed by atoms with E-state index in [1.54, 1.807) is 21.2 Å². The van der Waals surface area contributed by atoms with Crippen molar-refractivity contribution in [1.82, 2.24) is 15.5 Å².